The van der Waals surface area contributed by atoms with Crippen LogP contribution in [0.1, 0.15) is 5.56 Å². The summed E-state index contributed by atoms with van der Waals surface area (Å²) in [6.07, 6.45) is 0. The molecule has 0 unspecified atom stereocenters. The van der Waals surface area contributed by atoms with Gasteiger partial charge in [0.1, 0.15) is 17.5 Å². The molecule has 0 aliphatic rings. The number of hydrogen-bond donors (Lipinski definition) is 1. The highest BCUT2D eigenvalue weighted by molar-refractivity contribution is 5.78. The third-order valence-corrected chi connectivity index (χ3v) is 2.99. The summed E-state index contributed by atoms with van der Waals surface area (Å²) < 4.78 is 5.01. The first kappa shape index (κ1) is 15.7. The molecule has 9 heteroatoms. The number of rotatable bonds is 5. The van der Waals surface area contributed by atoms with Crippen LogP contribution in [0.25, 0.3) is 0 Å². The van der Waals surface area contributed by atoms with E-state index in [4.69, 9.17) is 10.00 Å². The van der Waals surface area contributed by atoms with Crippen LogP contribution in [0.15, 0.2) is 36.4 Å². The Balaban J connectivity index is 2.53. The molecule has 0 amide bonds. The zero-order chi connectivity index (χ0) is 17.0. The minimum atomic E-state index is -0.787. The molecule has 2 aromatic carbocycles. The van der Waals surface area contributed by atoms with Crippen molar-refractivity contribution in [2.45, 2.75) is 0 Å². The molecule has 9 nitrogen and oxygen atoms in total. The number of hydrogen-bond acceptors (Lipinski definition) is 7. The average Bonchev–Trinajstić information content (AvgIpc) is 2.55. The summed E-state index contributed by atoms with van der Waals surface area (Å²) in [6.45, 7) is 0. The maximum absolute atomic E-state index is 11.2. The fourth-order valence-corrected chi connectivity index (χ4v) is 1.90. The van der Waals surface area contributed by atoms with Crippen molar-refractivity contribution < 1.29 is 14.6 Å². The smallest absolute Gasteiger partial charge is 0.300 e. The Hall–Kier alpha value is -3.67. The molecule has 116 valence electrons. The molecule has 0 aliphatic heterocycles. The van der Waals surface area contributed by atoms with Gasteiger partial charge < -0.3 is 10.1 Å². The lowest BCUT2D eigenvalue weighted by molar-refractivity contribution is -0.393. The van der Waals surface area contributed by atoms with Crippen molar-refractivity contribution in [3.8, 4) is 11.8 Å². The number of nitro benzene ring substituents is 2. The van der Waals surface area contributed by atoms with Crippen molar-refractivity contribution in [1.29, 1.82) is 5.26 Å². The lowest BCUT2D eigenvalue weighted by atomic mass is 10.1. The number of non-ortho nitro benzene ring substituents is 1. The Bertz CT molecular complexity index is 811. The summed E-state index contributed by atoms with van der Waals surface area (Å²) in [6, 6.07) is 10.00. The van der Waals surface area contributed by atoms with Gasteiger partial charge in [-0.15, -0.1) is 0 Å². The van der Waals surface area contributed by atoms with E-state index >= 15 is 0 Å². The van der Waals surface area contributed by atoms with Crippen molar-refractivity contribution in [1.82, 2.24) is 0 Å². The van der Waals surface area contributed by atoms with E-state index in [1.165, 1.54) is 7.11 Å². The molecule has 0 atom stereocenters. The Labute approximate surface area is 130 Å². The Morgan fingerprint density at radius 2 is 1.78 bits per heavy atom. The topological polar surface area (TPSA) is 131 Å². The number of nitro groups is 2. The summed E-state index contributed by atoms with van der Waals surface area (Å²) in [5, 5.41) is 33.9. The van der Waals surface area contributed by atoms with E-state index < -0.39 is 21.2 Å². The summed E-state index contributed by atoms with van der Waals surface area (Å²) in [5.41, 5.74) is -0.894. The monoisotopic (exact) mass is 314 g/mol. The molecule has 0 aromatic heterocycles. The van der Waals surface area contributed by atoms with Gasteiger partial charge in [0.05, 0.1) is 28.6 Å². The number of nitriles is 1. The fraction of sp³-hybridized carbons (Fsp3) is 0.0714. The first-order valence-corrected chi connectivity index (χ1v) is 6.24. The first-order chi connectivity index (χ1) is 11.0. The molecule has 0 fully saturated rings. The van der Waals surface area contributed by atoms with E-state index in [2.05, 4.69) is 5.32 Å². The van der Waals surface area contributed by atoms with E-state index in [-0.39, 0.29) is 11.3 Å². The highest BCUT2D eigenvalue weighted by Crippen LogP contribution is 2.35. The van der Waals surface area contributed by atoms with Crippen molar-refractivity contribution in [2.24, 2.45) is 0 Å². The van der Waals surface area contributed by atoms with Gasteiger partial charge in [0, 0.05) is 11.8 Å². The van der Waals surface area contributed by atoms with E-state index in [0.717, 1.165) is 12.1 Å². The number of ether oxygens (including phenoxy) is 1. The molecule has 1 N–H and O–H groups in total. The molecule has 0 aliphatic carbocycles. The van der Waals surface area contributed by atoms with E-state index in [9.17, 15) is 20.2 Å². The van der Waals surface area contributed by atoms with Crippen molar-refractivity contribution in [3.05, 3.63) is 62.2 Å². The third kappa shape index (κ3) is 3.33. The summed E-state index contributed by atoms with van der Waals surface area (Å²) in [5.74, 6) is 0.592. The molecular weight excluding hydrogens is 304 g/mol. The maximum atomic E-state index is 11.2. The predicted octanol–water partition coefficient (Wildman–Crippen LogP) is 3.13. The van der Waals surface area contributed by atoms with Crippen LogP contribution in [0.4, 0.5) is 22.7 Å². The molecule has 2 rings (SSSR count). The first-order valence-electron chi connectivity index (χ1n) is 6.24. The lowest BCUT2D eigenvalue weighted by Crippen LogP contribution is -2.02. The highest BCUT2D eigenvalue weighted by Gasteiger charge is 2.24. The second-order valence-corrected chi connectivity index (χ2v) is 4.37. The van der Waals surface area contributed by atoms with Crippen LogP contribution in [-0.4, -0.2) is 17.0 Å². The zero-order valence-electron chi connectivity index (χ0n) is 11.8. The van der Waals surface area contributed by atoms with Gasteiger partial charge in [-0.05, 0) is 24.3 Å². The molecule has 2 aromatic rings. The molecule has 0 saturated heterocycles. The van der Waals surface area contributed by atoms with E-state index in [1.807, 2.05) is 0 Å². The molecule has 0 heterocycles. The summed E-state index contributed by atoms with van der Waals surface area (Å²) in [7, 11) is 1.50. The molecule has 0 radical (unpaired) electrons. The Kier molecular flexibility index (Phi) is 4.37. The SMILES string of the molecule is COc1ccc(Nc2c(C#N)cc([N+](=O)[O-])cc2[N+](=O)[O-])cc1. The largest absolute Gasteiger partial charge is 0.497 e. The van der Waals surface area contributed by atoms with Gasteiger partial charge in [0.15, 0.2) is 0 Å². The van der Waals surface area contributed by atoms with Crippen LogP contribution >= 0.6 is 0 Å². The second-order valence-electron chi connectivity index (χ2n) is 4.37. The predicted molar refractivity (Wildman–Crippen MR) is 80.7 cm³/mol. The minimum Gasteiger partial charge on any atom is -0.497 e. The minimum absolute atomic E-state index is 0.103. The Morgan fingerprint density at radius 3 is 2.26 bits per heavy atom. The fourth-order valence-electron chi connectivity index (χ4n) is 1.90. The van der Waals surface area contributed by atoms with Gasteiger partial charge >= 0.3 is 5.69 Å². The lowest BCUT2D eigenvalue weighted by Gasteiger charge is -2.09. The van der Waals surface area contributed by atoms with Gasteiger partial charge in [-0.3, -0.25) is 20.2 Å². The van der Waals surface area contributed by atoms with Gasteiger partial charge in [-0.25, -0.2) is 0 Å². The summed E-state index contributed by atoms with van der Waals surface area (Å²) in [4.78, 5) is 20.4. The van der Waals surface area contributed by atoms with Crippen LogP contribution in [0.2, 0.25) is 0 Å². The third-order valence-electron chi connectivity index (χ3n) is 2.99. The highest BCUT2D eigenvalue weighted by atomic mass is 16.6. The molecule has 0 spiro atoms. The molecule has 0 bridgehead atoms. The number of benzene rings is 2. The van der Waals surface area contributed by atoms with Crippen molar-refractivity contribution >= 4 is 22.7 Å². The van der Waals surface area contributed by atoms with Gasteiger partial charge in [-0.2, -0.15) is 5.26 Å². The second kappa shape index (κ2) is 6.40. The average molecular weight is 314 g/mol. The van der Waals surface area contributed by atoms with Crippen LogP contribution in [0.3, 0.4) is 0 Å². The van der Waals surface area contributed by atoms with Crippen LogP contribution in [-0.2, 0) is 0 Å². The normalized spacial score (nSPS) is 9.74. The molecular formula is C14H10N4O5. The summed E-state index contributed by atoms with van der Waals surface area (Å²) >= 11 is 0. The van der Waals surface area contributed by atoms with Crippen LogP contribution in [0.5, 0.6) is 5.75 Å². The molecule has 0 saturated carbocycles. The van der Waals surface area contributed by atoms with Crippen LogP contribution < -0.4 is 10.1 Å². The zero-order valence-corrected chi connectivity index (χ0v) is 11.8. The van der Waals surface area contributed by atoms with Gasteiger partial charge in [0.25, 0.3) is 5.69 Å². The van der Waals surface area contributed by atoms with Gasteiger partial charge in [0.2, 0.25) is 0 Å². The van der Waals surface area contributed by atoms with E-state index in [0.29, 0.717) is 11.4 Å². The molecule has 23 heavy (non-hydrogen) atoms. The number of nitrogens with zero attached hydrogens (tertiary/aromatic N) is 3. The van der Waals surface area contributed by atoms with Gasteiger partial charge in [-0.1, -0.05) is 0 Å². The van der Waals surface area contributed by atoms with Crippen molar-refractivity contribution in [2.75, 3.05) is 12.4 Å². The van der Waals surface area contributed by atoms with Crippen LogP contribution in [0, 0.1) is 31.6 Å². The number of anilines is 2. The standard InChI is InChI=1S/C14H10N4O5/c1-23-12-4-2-10(3-5-12)16-14-9(8-15)6-11(17(19)20)7-13(14)18(21)22/h2-7,16H,1H3. The van der Waals surface area contributed by atoms with Crippen molar-refractivity contribution in [3.63, 3.8) is 0 Å². The maximum Gasteiger partial charge on any atom is 0.300 e. The Morgan fingerprint density at radius 1 is 1.13 bits per heavy atom. The quantitative estimate of drug-likeness (QED) is 0.662. The van der Waals surface area contributed by atoms with E-state index in [1.54, 1.807) is 30.3 Å². The number of methoxy groups -OCH3 is 1. The number of nitrogens with one attached hydrogen (secondary N) is 1.